The first-order valence-electron chi connectivity index (χ1n) is 6.52. The molecule has 0 aromatic heterocycles. The summed E-state index contributed by atoms with van der Waals surface area (Å²) < 4.78 is 15.5. The number of carbonyl (C=O) groups excluding carboxylic acids is 1. The van der Waals surface area contributed by atoms with Crippen LogP contribution in [0.15, 0.2) is 42.5 Å². The Labute approximate surface area is 133 Å². The van der Waals surface area contributed by atoms with E-state index < -0.39 is 6.09 Å². The van der Waals surface area contributed by atoms with Gasteiger partial charge in [-0.1, -0.05) is 11.6 Å². The summed E-state index contributed by atoms with van der Waals surface area (Å²) in [4.78, 5) is 11.1. The van der Waals surface area contributed by atoms with Crippen LogP contribution >= 0.6 is 11.6 Å². The molecule has 116 valence electrons. The molecule has 0 spiro atoms. The second-order valence-electron chi connectivity index (χ2n) is 4.39. The molecule has 0 heterocycles. The van der Waals surface area contributed by atoms with Crippen molar-refractivity contribution in [3.8, 4) is 11.5 Å². The van der Waals surface area contributed by atoms with Gasteiger partial charge in [0.05, 0.1) is 14.2 Å². The van der Waals surface area contributed by atoms with Crippen LogP contribution in [0.2, 0.25) is 5.02 Å². The Morgan fingerprint density at radius 3 is 2.50 bits per heavy atom. The van der Waals surface area contributed by atoms with E-state index in [9.17, 15) is 4.79 Å². The molecule has 2 rings (SSSR count). The van der Waals surface area contributed by atoms with E-state index in [-0.39, 0.29) is 0 Å². The van der Waals surface area contributed by atoms with Crippen LogP contribution in [0.3, 0.4) is 0 Å². The van der Waals surface area contributed by atoms with Crippen molar-refractivity contribution in [3.05, 3.63) is 53.1 Å². The number of hydrogen-bond donors (Lipinski definition) is 1. The third-order valence-corrected chi connectivity index (χ3v) is 3.16. The molecule has 2 aromatic rings. The van der Waals surface area contributed by atoms with E-state index in [0.717, 1.165) is 5.56 Å². The molecule has 2 aromatic carbocycles. The van der Waals surface area contributed by atoms with E-state index in [0.29, 0.717) is 28.8 Å². The van der Waals surface area contributed by atoms with E-state index in [1.807, 2.05) is 0 Å². The zero-order valence-electron chi connectivity index (χ0n) is 12.3. The Balaban J connectivity index is 2.00. The number of anilines is 1. The predicted molar refractivity (Wildman–Crippen MR) is 84.8 cm³/mol. The summed E-state index contributed by atoms with van der Waals surface area (Å²) in [7, 11) is 2.91. The minimum atomic E-state index is -0.516. The zero-order valence-corrected chi connectivity index (χ0v) is 13.0. The van der Waals surface area contributed by atoms with Gasteiger partial charge in [-0.15, -0.1) is 0 Å². The van der Waals surface area contributed by atoms with Gasteiger partial charge in [0.15, 0.2) is 0 Å². The molecular weight excluding hydrogens is 306 g/mol. The van der Waals surface area contributed by atoms with Crippen LogP contribution < -0.4 is 14.8 Å². The second kappa shape index (κ2) is 7.56. The minimum absolute atomic E-state index is 0.327. The largest absolute Gasteiger partial charge is 0.496 e. The van der Waals surface area contributed by atoms with Crippen molar-refractivity contribution >= 4 is 23.4 Å². The molecule has 0 saturated heterocycles. The fraction of sp³-hybridized carbons (Fsp3) is 0.188. The van der Waals surface area contributed by atoms with Crippen LogP contribution in [0, 0.1) is 0 Å². The van der Waals surface area contributed by atoms with Gasteiger partial charge in [0.1, 0.15) is 18.1 Å². The highest BCUT2D eigenvalue weighted by Gasteiger charge is 2.06. The summed E-state index contributed by atoms with van der Waals surface area (Å²) in [6.45, 7) is 0.327. The average molecular weight is 322 g/mol. The van der Waals surface area contributed by atoms with Crippen molar-refractivity contribution < 1.29 is 19.0 Å². The normalized spacial score (nSPS) is 9.95. The number of carbonyl (C=O) groups is 1. The molecule has 0 bridgehead atoms. The molecule has 6 heteroatoms. The van der Waals surface area contributed by atoms with Gasteiger partial charge in [0, 0.05) is 16.3 Å². The van der Waals surface area contributed by atoms with Crippen LogP contribution in [0.5, 0.6) is 11.5 Å². The Morgan fingerprint density at radius 2 is 1.86 bits per heavy atom. The molecule has 0 aliphatic carbocycles. The van der Waals surface area contributed by atoms with Crippen LogP contribution in [-0.2, 0) is 11.3 Å². The third kappa shape index (κ3) is 4.30. The Bertz CT molecular complexity index is 643. The predicted octanol–water partition coefficient (Wildman–Crippen LogP) is 4.11. The van der Waals surface area contributed by atoms with Crippen molar-refractivity contribution in [2.24, 2.45) is 0 Å². The lowest BCUT2D eigenvalue weighted by atomic mass is 10.2. The maximum Gasteiger partial charge on any atom is 0.411 e. The number of benzene rings is 2. The van der Waals surface area contributed by atoms with Gasteiger partial charge in [0.25, 0.3) is 0 Å². The maximum atomic E-state index is 11.1. The first-order valence-corrected chi connectivity index (χ1v) is 6.90. The van der Waals surface area contributed by atoms with Crippen LogP contribution in [0.1, 0.15) is 5.56 Å². The number of methoxy groups -OCH3 is 2. The Morgan fingerprint density at radius 1 is 1.14 bits per heavy atom. The lowest BCUT2D eigenvalue weighted by Gasteiger charge is -2.11. The second-order valence-corrected chi connectivity index (χ2v) is 4.82. The van der Waals surface area contributed by atoms with Crippen LogP contribution in [-0.4, -0.2) is 20.3 Å². The molecule has 0 saturated carbocycles. The molecule has 0 unspecified atom stereocenters. The third-order valence-electron chi connectivity index (χ3n) is 2.92. The number of rotatable bonds is 5. The molecule has 5 nitrogen and oxygen atoms in total. The first kappa shape index (κ1) is 16.0. The average Bonchev–Trinajstić information content (AvgIpc) is 2.54. The SMILES string of the molecule is COC(=O)Nc1ccc(OCc2cc(Cl)ccc2OC)cc1. The lowest BCUT2D eigenvalue weighted by molar-refractivity contribution is 0.187. The fourth-order valence-electron chi connectivity index (χ4n) is 1.82. The number of ether oxygens (including phenoxy) is 3. The van der Waals surface area contributed by atoms with Gasteiger partial charge in [-0.05, 0) is 42.5 Å². The fourth-order valence-corrected chi connectivity index (χ4v) is 2.02. The van der Waals surface area contributed by atoms with E-state index in [2.05, 4.69) is 10.1 Å². The Hall–Kier alpha value is -2.40. The molecular formula is C16H16ClNO4. The summed E-state index contributed by atoms with van der Waals surface area (Å²) in [5.41, 5.74) is 1.48. The van der Waals surface area contributed by atoms with E-state index >= 15 is 0 Å². The van der Waals surface area contributed by atoms with Crippen LogP contribution in [0.4, 0.5) is 10.5 Å². The van der Waals surface area contributed by atoms with Gasteiger partial charge in [-0.3, -0.25) is 5.32 Å². The molecule has 0 aliphatic rings. The van der Waals surface area contributed by atoms with Crippen molar-refractivity contribution in [3.63, 3.8) is 0 Å². The lowest BCUT2D eigenvalue weighted by Crippen LogP contribution is -2.10. The molecule has 1 N–H and O–H groups in total. The zero-order chi connectivity index (χ0) is 15.9. The quantitative estimate of drug-likeness (QED) is 0.900. The molecule has 22 heavy (non-hydrogen) atoms. The minimum Gasteiger partial charge on any atom is -0.496 e. The highest BCUT2D eigenvalue weighted by molar-refractivity contribution is 6.30. The van der Waals surface area contributed by atoms with Crippen molar-refractivity contribution in [1.82, 2.24) is 0 Å². The Kier molecular flexibility index (Phi) is 5.49. The summed E-state index contributed by atoms with van der Waals surface area (Å²) in [5.74, 6) is 1.38. The monoisotopic (exact) mass is 321 g/mol. The summed E-state index contributed by atoms with van der Waals surface area (Å²) >= 11 is 5.98. The smallest absolute Gasteiger partial charge is 0.411 e. The molecule has 1 amide bonds. The standard InChI is InChI=1S/C16H16ClNO4/c1-20-15-8-3-12(17)9-11(15)10-22-14-6-4-13(5-7-14)18-16(19)21-2/h3-9H,10H2,1-2H3,(H,18,19). The van der Waals surface area contributed by atoms with Crippen LogP contribution in [0.25, 0.3) is 0 Å². The number of halogens is 1. The van der Waals surface area contributed by atoms with E-state index in [1.165, 1.54) is 7.11 Å². The van der Waals surface area contributed by atoms with Crippen molar-refractivity contribution in [2.75, 3.05) is 19.5 Å². The molecule has 0 aliphatic heterocycles. The van der Waals surface area contributed by atoms with Gasteiger partial charge in [0.2, 0.25) is 0 Å². The van der Waals surface area contributed by atoms with Gasteiger partial charge < -0.3 is 14.2 Å². The van der Waals surface area contributed by atoms with E-state index in [1.54, 1.807) is 49.6 Å². The van der Waals surface area contributed by atoms with Crippen molar-refractivity contribution in [2.45, 2.75) is 6.61 Å². The van der Waals surface area contributed by atoms with Crippen molar-refractivity contribution in [1.29, 1.82) is 0 Å². The number of amides is 1. The summed E-state index contributed by atoms with van der Waals surface area (Å²) in [6, 6.07) is 12.3. The maximum absolute atomic E-state index is 11.1. The first-order chi connectivity index (χ1) is 10.6. The van der Waals surface area contributed by atoms with Gasteiger partial charge in [-0.2, -0.15) is 0 Å². The molecule has 0 fully saturated rings. The highest BCUT2D eigenvalue weighted by atomic mass is 35.5. The summed E-state index contributed by atoms with van der Waals surface area (Å²) in [6.07, 6.45) is -0.516. The summed E-state index contributed by atoms with van der Waals surface area (Å²) in [5, 5.41) is 3.19. The number of hydrogen-bond acceptors (Lipinski definition) is 4. The van der Waals surface area contributed by atoms with Gasteiger partial charge in [-0.25, -0.2) is 4.79 Å². The molecule has 0 atom stereocenters. The topological polar surface area (TPSA) is 56.8 Å². The van der Waals surface area contributed by atoms with Gasteiger partial charge >= 0.3 is 6.09 Å². The molecule has 0 radical (unpaired) electrons. The van der Waals surface area contributed by atoms with E-state index in [4.69, 9.17) is 21.1 Å². The number of nitrogens with one attached hydrogen (secondary N) is 1. The highest BCUT2D eigenvalue weighted by Crippen LogP contribution is 2.24.